The molecule has 1 aromatic carbocycles. The molecule has 88 valence electrons. The zero-order valence-electron chi connectivity index (χ0n) is 9.84. The zero-order valence-corrected chi connectivity index (χ0v) is 9.84. The first-order valence-electron chi connectivity index (χ1n) is 6.24. The van der Waals surface area contributed by atoms with Crippen molar-refractivity contribution in [2.24, 2.45) is 0 Å². The van der Waals surface area contributed by atoms with E-state index < -0.39 is 0 Å². The number of hydrogen-bond acceptors (Lipinski definition) is 2. The third-order valence-corrected chi connectivity index (χ3v) is 3.41. The van der Waals surface area contributed by atoms with Gasteiger partial charge >= 0.3 is 0 Å². The average Bonchev–Trinajstić information content (AvgIpc) is 2.90. The van der Waals surface area contributed by atoms with Gasteiger partial charge in [-0.05, 0) is 38.1 Å². The van der Waals surface area contributed by atoms with E-state index in [0.29, 0.717) is 5.92 Å². The summed E-state index contributed by atoms with van der Waals surface area (Å²) < 4.78 is 2.22. The second-order valence-corrected chi connectivity index (χ2v) is 4.52. The molecular formula is C14H17N3. The molecule has 0 unspecified atom stereocenters. The Bertz CT molecular complexity index is 469. The molecule has 1 aromatic heterocycles. The summed E-state index contributed by atoms with van der Waals surface area (Å²) in [5.74, 6) is 1.80. The van der Waals surface area contributed by atoms with Crippen molar-refractivity contribution in [1.82, 2.24) is 14.9 Å². The van der Waals surface area contributed by atoms with Crippen molar-refractivity contribution in [2.45, 2.75) is 18.8 Å². The lowest BCUT2D eigenvalue weighted by Gasteiger charge is -2.23. The van der Waals surface area contributed by atoms with Crippen LogP contribution in [0.1, 0.15) is 24.6 Å². The topological polar surface area (TPSA) is 29.9 Å². The van der Waals surface area contributed by atoms with E-state index in [1.807, 2.05) is 12.3 Å². The van der Waals surface area contributed by atoms with Gasteiger partial charge in [0.2, 0.25) is 0 Å². The molecule has 0 atom stereocenters. The summed E-state index contributed by atoms with van der Waals surface area (Å²) in [7, 11) is 0. The van der Waals surface area contributed by atoms with Gasteiger partial charge in [0.15, 0.2) is 0 Å². The summed E-state index contributed by atoms with van der Waals surface area (Å²) >= 11 is 0. The molecule has 3 nitrogen and oxygen atoms in total. The molecule has 1 saturated heterocycles. The molecule has 0 bridgehead atoms. The minimum atomic E-state index is 0.589. The van der Waals surface area contributed by atoms with Crippen LogP contribution in [0.4, 0.5) is 0 Å². The van der Waals surface area contributed by atoms with Crippen molar-refractivity contribution >= 4 is 0 Å². The van der Waals surface area contributed by atoms with Crippen molar-refractivity contribution < 1.29 is 0 Å². The Morgan fingerprint density at radius 1 is 1.12 bits per heavy atom. The molecular weight excluding hydrogens is 210 g/mol. The minimum Gasteiger partial charge on any atom is -0.317 e. The molecule has 1 aliphatic heterocycles. The van der Waals surface area contributed by atoms with Crippen LogP contribution < -0.4 is 5.32 Å². The zero-order chi connectivity index (χ0) is 11.5. The summed E-state index contributed by atoms with van der Waals surface area (Å²) in [6.07, 6.45) is 6.34. The maximum Gasteiger partial charge on any atom is 0.116 e. The normalized spacial score (nSPS) is 17.2. The van der Waals surface area contributed by atoms with Crippen LogP contribution >= 0.6 is 0 Å². The second-order valence-electron chi connectivity index (χ2n) is 4.52. The SMILES string of the molecule is c1ccc(-n2ccnc2C2CCNCC2)cc1. The highest BCUT2D eigenvalue weighted by atomic mass is 15.1. The van der Waals surface area contributed by atoms with E-state index in [1.54, 1.807) is 0 Å². The lowest BCUT2D eigenvalue weighted by molar-refractivity contribution is 0.442. The summed E-state index contributed by atoms with van der Waals surface area (Å²) in [6, 6.07) is 10.5. The molecule has 0 aliphatic carbocycles. The molecule has 1 fully saturated rings. The van der Waals surface area contributed by atoms with Crippen LogP contribution in [0, 0.1) is 0 Å². The molecule has 2 heterocycles. The maximum atomic E-state index is 4.55. The molecule has 1 N–H and O–H groups in total. The van der Waals surface area contributed by atoms with Gasteiger partial charge in [-0.3, -0.25) is 0 Å². The smallest absolute Gasteiger partial charge is 0.116 e. The van der Waals surface area contributed by atoms with E-state index in [4.69, 9.17) is 0 Å². The largest absolute Gasteiger partial charge is 0.317 e. The van der Waals surface area contributed by atoms with Crippen LogP contribution in [0.25, 0.3) is 5.69 Å². The maximum absolute atomic E-state index is 4.55. The fraction of sp³-hybridized carbons (Fsp3) is 0.357. The number of hydrogen-bond donors (Lipinski definition) is 1. The Hall–Kier alpha value is -1.61. The predicted molar refractivity (Wildman–Crippen MR) is 68.4 cm³/mol. The summed E-state index contributed by atoms with van der Waals surface area (Å²) in [5.41, 5.74) is 1.21. The number of aromatic nitrogens is 2. The van der Waals surface area contributed by atoms with Gasteiger partial charge in [-0.2, -0.15) is 0 Å². The summed E-state index contributed by atoms with van der Waals surface area (Å²) in [6.45, 7) is 2.21. The number of nitrogens with one attached hydrogen (secondary N) is 1. The highest BCUT2D eigenvalue weighted by Gasteiger charge is 2.19. The monoisotopic (exact) mass is 227 g/mol. The van der Waals surface area contributed by atoms with Gasteiger partial charge < -0.3 is 9.88 Å². The third kappa shape index (κ3) is 2.11. The van der Waals surface area contributed by atoms with Crippen molar-refractivity contribution in [1.29, 1.82) is 0 Å². The number of benzene rings is 1. The van der Waals surface area contributed by atoms with Gasteiger partial charge in [0.05, 0.1) is 0 Å². The van der Waals surface area contributed by atoms with Gasteiger partial charge in [0.25, 0.3) is 0 Å². The van der Waals surface area contributed by atoms with Crippen LogP contribution in [-0.4, -0.2) is 22.6 Å². The van der Waals surface area contributed by atoms with E-state index in [-0.39, 0.29) is 0 Å². The third-order valence-electron chi connectivity index (χ3n) is 3.41. The standard InChI is InChI=1S/C14H17N3/c1-2-4-13(5-3-1)17-11-10-16-14(17)12-6-8-15-9-7-12/h1-5,10-12,15H,6-9H2. The lowest BCUT2D eigenvalue weighted by Crippen LogP contribution is -2.27. The van der Waals surface area contributed by atoms with Crippen molar-refractivity contribution in [3.8, 4) is 5.69 Å². The number of para-hydroxylation sites is 1. The first kappa shape index (κ1) is 10.5. The Balaban J connectivity index is 1.93. The molecule has 2 aromatic rings. The fourth-order valence-electron chi connectivity index (χ4n) is 2.50. The van der Waals surface area contributed by atoms with Crippen LogP contribution in [0.15, 0.2) is 42.7 Å². The van der Waals surface area contributed by atoms with E-state index >= 15 is 0 Å². The molecule has 0 radical (unpaired) electrons. The van der Waals surface area contributed by atoms with E-state index in [2.05, 4.69) is 45.3 Å². The molecule has 0 amide bonds. The van der Waals surface area contributed by atoms with Crippen LogP contribution in [-0.2, 0) is 0 Å². The Morgan fingerprint density at radius 2 is 1.88 bits per heavy atom. The average molecular weight is 227 g/mol. The molecule has 0 saturated carbocycles. The molecule has 3 rings (SSSR count). The van der Waals surface area contributed by atoms with Gasteiger partial charge in [0.1, 0.15) is 5.82 Å². The first-order valence-corrected chi connectivity index (χ1v) is 6.24. The molecule has 3 heteroatoms. The van der Waals surface area contributed by atoms with Crippen molar-refractivity contribution in [3.63, 3.8) is 0 Å². The van der Waals surface area contributed by atoms with E-state index in [9.17, 15) is 0 Å². The van der Waals surface area contributed by atoms with E-state index in [1.165, 1.54) is 24.4 Å². The Morgan fingerprint density at radius 3 is 2.65 bits per heavy atom. The highest BCUT2D eigenvalue weighted by Crippen LogP contribution is 2.25. The highest BCUT2D eigenvalue weighted by molar-refractivity contribution is 5.33. The van der Waals surface area contributed by atoms with Crippen LogP contribution in [0.5, 0.6) is 0 Å². The predicted octanol–water partition coefficient (Wildman–Crippen LogP) is 2.34. The van der Waals surface area contributed by atoms with Gasteiger partial charge in [-0.15, -0.1) is 0 Å². The first-order chi connectivity index (χ1) is 8.45. The van der Waals surface area contributed by atoms with Crippen molar-refractivity contribution in [2.75, 3.05) is 13.1 Å². The van der Waals surface area contributed by atoms with E-state index in [0.717, 1.165) is 13.1 Å². The molecule has 17 heavy (non-hydrogen) atoms. The fourth-order valence-corrected chi connectivity index (χ4v) is 2.50. The number of nitrogens with zero attached hydrogens (tertiary/aromatic N) is 2. The lowest BCUT2D eigenvalue weighted by atomic mass is 9.97. The number of rotatable bonds is 2. The Labute approximate surface area is 101 Å². The van der Waals surface area contributed by atoms with Gasteiger partial charge in [-0.1, -0.05) is 18.2 Å². The second kappa shape index (κ2) is 4.72. The Kier molecular flexibility index (Phi) is 2.92. The molecule has 1 aliphatic rings. The van der Waals surface area contributed by atoms with Gasteiger partial charge in [0, 0.05) is 24.0 Å². The number of piperidine rings is 1. The molecule has 0 spiro atoms. The van der Waals surface area contributed by atoms with Crippen molar-refractivity contribution in [3.05, 3.63) is 48.5 Å². The van der Waals surface area contributed by atoms with Crippen LogP contribution in [0.3, 0.4) is 0 Å². The van der Waals surface area contributed by atoms with Crippen LogP contribution in [0.2, 0.25) is 0 Å². The summed E-state index contributed by atoms with van der Waals surface area (Å²) in [4.78, 5) is 4.55. The number of imidazole rings is 1. The quantitative estimate of drug-likeness (QED) is 0.853. The summed E-state index contributed by atoms with van der Waals surface area (Å²) in [5, 5.41) is 3.40. The van der Waals surface area contributed by atoms with Gasteiger partial charge in [-0.25, -0.2) is 4.98 Å². The minimum absolute atomic E-state index is 0.589.